The first-order chi connectivity index (χ1) is 11.1. The van der Waals surface area contributed by atoms with Gasteiger partial charge >= 0.3 is 0 Å². The maximum Gasteiger partial charge on any atom is 0.251 e. The molecule has 0 saturated heterocycles. The third kappa shape index (κ3) is 5.20. The molecular formula is C19H23NO3. The molecule has 2 aromatic rings. The van der Waals surface area contributed by atoms with Gasteiger partial charge in [0, 0.05) is 19.1 Å². The number of ether oxygens (including phenoxy) is 1. The average molecular weight is 313 g/mol. The molecule has 4 heteroatoms. The molecule has 0 aromatic heterocycles. The largest absolute Gasteiger partial charge is 0.391 e. The first-order valence-corrected chi connectivity index (χ1v) is 7.71. The first-order valence-electron chi connectivity index (χ1n) is 7.71. The molecule has 0 spiro atoms. The molecule has 0 aliphatic rings. The minimum Gasteiger partial charge on any atom is -0.391 e. The van der Waals surface area contributed by atoms with Crippen LogP contribution < -0.4 is 5.32 Å². The summed E-state index contributed by atoms with van der Waals surface area (Å²) in [7, 11) is 1.62. The summed E-state index contributed by atoms with van der Waals surface area (Å²) in [6.07, 6.45) is -0.130. The molecule has 122 valence electrons. The quantitative estimate of drug-likeness (QED) is 0.826. The predicted molar refractivity (Wildman–Crippen MR) is 90.2 cm³/mol. The SMILES string of the molecule is COCc1cccc(C(=O)NC(C)C(O)Cc2ccccc2)c1. The van der Waals surface area contributed by atoms with E-state index in [1.54, 1.807) is 19.2 Å². The van der Waals surface area contributed by atoms with Crippen molar-refractivity contribution < 1.29 is 14.6 Å². The van der Waals surface area contributed by atoms with Crippen LogP contribution in [0.5, 0.6) is 0 Å². The molecule has 23 heavy (non-hydrogen) atoms. The molecule has 0 heterocycles. The Balaban J connectivity index is 1.94. The van der Waals surface area contributed by atoms with Crippen LogP contribution in [0.1, 0.15) is 28.4 Å². The van der Waals surface area contributed by atoms with Crippen LogP contribution in [0.2, 0.25) is 0 Å². The van der Waals surface area contributed by atoms with Gasteiger partial charge in [-0.15, -0.1) is 0 Å². The van der Waals surface area contributed by atoms with Crippen LogP contribution in [-0.4, -0.2) is 30.3 Å². The van der Waals surface area contributed by atoms with E-state index in [0.717, 1.165) is 11.1 Å². The molecule has 2 atom stereocenters. The number of methoxy groups -OCH3 is 1. The first kappa shape index (κ1) is 17.2. The molecule has 4 nitrogen and oxygen atoms in total. The van der Waals surface area contributed by atoms with Crippen LogP contribution in [0.3, 0.4) is 0 Å². The van der Waals surface area contributed by atoms with Crippen molar-refractivity contribution in [3.8, 4) is 0 Å². The number of hydrogen-bond donors (Lipinski definition) is 2. The summed E-state index contributed by atoms with van der Waals surface area (Å²) < 4.78 is 5.08. The smallest absolute Gasteiger partial charge is 0.251 e. The van der Waals surface area contributed by atoms with E-state index in [0.29, 0.717) is 18.6 Å². The Kier molecular flexibility index (Phi) is 6.32. The summed E-state index contributed by atoms with van der Waals surface area (Å²) in [4.78, 5) is 12.3. The topological polar surface area (TPSA) is 58.6 Å². The molecule has 2 aromatic carbocycles. The van der Waals surface area contributed by atoms with Gasteiger partial charge in [-0.05, 0) is 30.2 Å². The van der Waals surface area contributed by atoms with E-state index in [1.807, 2.05) is 49.4 Å². The minimum absolute atomic E-state index is 0.192. The van der Waals surface area contributed by atoms with Gasteiger partial charge in [0.15, 0.2) is 0 Å². The molecule has 2 rings (SSSR count). The fourth-order valence-electron chi connectivity index (χ4n) is 2.39. The lowest BCUT2D eigenvalue weighted by Gasteiger charge is -2.20. The molecule has 0 fully saturated rings. The zero-order valence-corrected chi connectivity index (χ0v) is 13.5. The number of carbonyl (C=O) groups excluding carboxylic acids is 1. The number of hydrogen-bond acceptors (Lipinski definition) is 3. The maximum absolute atomic E-state index is 12.3. The van der Waals surface area contributed by atoms with Crippen LogP contribution in [0.15, 0.2) is 54.6 Å². The van der Waals surface area contributed by atoms with Crippen molar-refractivity contribution in [2.75, 3.05) is 7.11 Å². The van der Waals surface area contributed by atoms with E-state index in [4.69, 9.17) is 4.74 Å². The van der Waals surface area contributed by atoms with Gasteiger partial charge in [0.25, 0.3) is 5.91 Å². The highest BCUT2D eigenvalue weighted by molar-refractivity contribution is 5.94. The second-order valence-corrected chi connectivity index (χ2v) is 5.65. The van der Waals surface area contributed by atoms with Crippen molar-refractivity contribution in [3.63, 3.8) is 0 Å². The highest BCUT2D eigenvalue weighted by atomic mass is 16.5. The summed E-state index contributed by atoms with van der Waals surface area (Å²) in [6, 6.07) is 16.7. The van der Waals surface area contributed by atoms with Crippen LogP contribution >= 0.6 is 0 Å². The van der Waals surface area contributed by atoms with Crippen molar-refractivity contribution in [2.45, 2.75) is 32.1 Å². The molecule has 0 saturated carbocycles. The van der Waals surface area contributed by atoms with Gasteiger partial charge < -0.3 is 15.2 Å². The summed E-state index contributed by atoms with van der Waals surface area (Å²) in [5.41, 5.74) is 2.55. The number of aliphatic hydroxyl groups is 1. The second kappa shape index (κ2) is 8.46. The summed E-state index contributed by atoms with van der Waals surface area (Å²) in [5, 5.41) is 13.1. The van der Waals surface area contributed by atoms with E-state index >= 15 is 0 Å². The van der Waals surface area contributed by atoms with Crippen LogP contribution in [0.25, 0.3) is 0 Å². The molecule has 2 N–H and O–H groups in total. The van der Waals surface area contributed by atoms with Gasteiger partial charge in [0.1, 0.15) is 0 Å². The Hall–Kier alpha value is -2.17. The zero-order valence-electron chi connectivity index (χ0n) is 13.5. The Morgan fingerprint density at radius 1 is 1.13 bits per heavy atom. The lowest BCUT2D eigenvalue weighted by Crippen LogP contribution is -2.42. The number of carbonyl (C=O) groups is 1. The normalized spacial score (nSPS) is 13.3. The monoisotopic (exact) mass is 313 g/mol. The van der Waals surface area contributed by atoms with E-state index in [-0.39, 0.29) is 11.9 Å². The summed E-state index contributed by atoms with van der Waals surface area (Å²) >= 11 is 0. The van der Waals surface area contributed by atoms with Gasteiger partial charge in [-0.2, -0.15) is 0 Å². The highest BCUT2D eigenvalue weighted by Gasteiger charge is 2.18. The fraction of sp³-hybridized carbons (Fsp3) is 0.316. The minimum atomic E-state index is -0.636. The van der Waals surface area contributed by atoms with Crippen LogP contribution in [-0.2, 0) is 17.8 Å². The fourth-order valence-corrected chi connectivity index (χ4v) is 2.39. The van der Waals surface area contributed by atoms with E-state index in [2.05, 4.69) is 5.32 Å². The Bertz CT molecular complexity index is 628. The molecule has 0 aliphatic heterocycles. The van der Waals surface area contributed by atoms with Crippen LogP contribution in [0, 0.1) is 0 Å². The average Bonchev–Trinajstić information content (AvgIpc) is 2.56. The van der Waals surface area contributed by atoms with Gasteiger partial charge in [-0.1, -0.05) is 42.5 Å². The molecule has 0 aliphatic carbocycles. The molecular weight excluding hydrogens is 290 g/mol. The van der Waals surface area contributed by atoms with E-state index < -0.39 is 6.10 Å². The zero-order chi connectivity index (χ0) is 16.7. The molecule has 0 radical (unpaired) electrons. The van der Waals surface area contributed by atoms with Gasteiger partial charge in [-0.25, -0.2) is 0 Å². The molecule has 2 unspecified atom stereocenters. The van der Waals surface area contributed by atoms with Gasteiger partial charge in [0.2, 0.25) is 0 Å². The number of aliphatic hydroxyl groups excluding tert-OH is 1. The summed E-state index contributed by atoms with van der Waals surface area (Å²) in [5.74, 6) is -0.192. The molecule has 1 amide bonds. The number of benzene rings is 2. The Morgan fingerprint density at radius 2 is 1.83 bits per heavy atom. The Morgan fingerprint density at radius 3 is 2.52 bits per heavy atom. The van der Waals surface area contributed by atoms with Gasteiger partial charge in [-0.3, -0.25) is 4.79 Å². The number of rotatable bonds is 7. The lowest BCUT2D eigenvalue weighted by atomic mass is 10.0. The standard InChI is InChI=1S/C19H23NO3/c1-14(18(21)12-15-7-4-3-5-8-15)20-19(22)17-10-6-9-16(11-17)13-23-2/h3-11,14,18,21H,12-13H2,1-2H3,(H,20,22). The number of amides is 1. The predicted octanol–water partition coefficient (Wildman–Crippen LogP) is 2.55. The van der Waals surface area contributed by atoms with Crippen molar-refractivity contribution in [1.82, 2.24) is 5.32 Å². The third-order valence-corrected chi connectivity index (χ3v) is 3.72. The summed E-state index contributed by atoms with van der Waals surface area (Å²) in [6.45, 7) is 2.28. The molecule has 0 bridgehead atoms. The van der Waals surface area contributed by atoms with Crippen molar-refractivity contribution in [3.05, 3.63) is 71.3 Å². The number of nitrogens with one attached hydrogen (secondary N) is 1. The second-order valence-electron chi connectivity index (χ2n) is 5.65. The Labute approximate surface area is 137 Å². The van der Waals surface area contributed by atoms with Crippen LogP contribution in [0.4, 0.5) is 0 Å². The lowest BCUT2D eigenvalue weighted by molar-refractivity contribution is 0.0851. The van der Waals surface area contributed by atoms with E-state index in [9.17, 15) is 9.90 Å². The van der Waals surface area contributed by atoms with Crippen molar-refractivity contribution in [2.24, 2.45) is 0 Å². The van der Waals surface area contributed by atoms with Crippen molar-refractivity contribution in [1.29, 1.82) is 0 Å². The van der Waals surface area contributed by atoms with Crippen molar-refractivity contribution >= 4 is 5.91 Å². The highest BCUT2D eigenvalue weighted by Crippen LogP contribution is 2.09. The van der Waals surface area contributed by atoms with E-state index in [1.165, 1.54) is 0 Å². The maximum atomic E-state index is 12.3. The third-order valence-electron chi connectivity index (χ3n) is 3.72. The van der Waals surface area contributed by atoms with Gasteiger partial charge in [0.05, 0.1) is 18.8 Å².